The number of benzene rings is 2. The summed E-state index contributed by atoms with van der Waals surface area (Å²) in [6.07, 6.45) is -6.83. The lowest BCUT2D eigenvalue weighted by Gasteiger charge is -2.72. The highest BCUT2D eigenvalue weighted by Crippen LogP contribution is 2.80. The second kappa shape index (κ2) is 8.51. The summed E-state index contributed by atoms with van der Waals surface area (Å²) in [6, 6.07) is 6.68. The van der Waals surface area contributed by atoms with Gasteiger partial charge in [-0.3, -0.25) is 0 Å². The standard InChI is InChI=1S/C25H19F7N4O2/c26-17-5-6-18(19(27)9-17)23(38,13-36-14-33-34-35-36)25(31,32)22-10-21(11-22,12-22)8-7-15-1-3-16(4-2-15)20(37)24(28,29)30/h1-6,9,14,20,37-38H,10-13H2/t20-,21?,22?,23-/m0/s1. The minimum atomic E-state index is -4.82. The second-order valence-electron chi connectivity index (χ2n) is 9.97. The van der Waals surface area contributed by atoms with Crippen molar-refractivity contribution in [1.82, 2.24) is 20.2 Å². The smallest absolute Gasteiger partial charge is 0.379 e. The van der Waals surface area contributed by atoms with Gasteiger partial charge in [0, 0.05) is 28.0 Å². The first-order chi connectivity index (χ1) is 17.7. The molecular weight excluding hydrogens is 521 g/mol. The predicted octanol–water partition coefficient (Wildman–Crippen LogP) is 4.29. The summed E-state index contributed by atoms with van der Waals surface area (Å²) in [5.41, 5.74) is -6.46. The number of hydrogen-bond acceptors (Lipinski definition) is 5. The number of aliphatic hydroxyl groups excluding tert-OH is 1. The maximum atomic E-state index is 16.1. The third-order valence-electron chi connectivity index (χ3n) is 7.38. The Balaban J connectivity index is 1.37. The summed E-state index contributed by atoms with van der Waals surface area (Å²) >= 11 is 0. The summed E-state index contributed by atoms with van der Waals surface area (Å²) in [6.45, 7) is -0.897. The van der Waals surface area contributed by atoms with Gasteiger partial charge in [0.25, 0.3) is 5.92 Å². The molecule has 1 aromatic heterocycles. The van der Waals surface area contributed by atoms with Crippen molar-refractivity contribution in [3.05, 3.63) is 77.1 Å². The lowest BCUT2D eigenvalue weighted by Crippen LogP contribution is -2.74. The van der Waals surface area contributed by atoms with Gasteiger partial charge < -0.3 is 10.2 Å². The third kappa shape index (κ3) is 4.03. The quantitative estimate of drug-likeness (QED) is 0.360. The maximum absolute atomic E-state index is 16.1. The average molecular weight is 540 g/mol. The molecule has 0 amide bonds. The summed E-state index contributed by atoms with van der Waals surface area (Å²) in [5, 5.41) is 30.9. The number of aromatic nitrogens is 4. The Morgan fingerprint density at radius 3 is 2.21 bits per heavy atom. The highest BCUT2D eigenvalue weighted by Gasteiger charge is 2.81. The maximum Gasteiger partial charge on any atom is 0.418 e. The Hall–Kier alpha value is -3.50. The van der Waals surface area contributed by atoms with E-state index in [0.29, 0.717) is 11.6 Å². The first kappa shape index (κ1) is 26.1. The van der Waals surface area contributed by atoms with E-state index >= 15 is 8.78 Å². The van der Waals surface area contributed by atoms with Crippen LogP contribution in [0.1, 0.15) is 42.1 Å². The van der Waals surface area contributed by atoms with E-state index in [2.05, 4.69) is 27.4 Å². The fraction of sp³-hybridized carbons (Fsp3) is 0.400. The van der Waals surface area contributed by atoms with Crippen molar-refractivity contribution in [2.24, 2.45) is 10.8 Å². The monoisotopic (exact) mass is 540 g/mol. The Bertz CT molecular complexity index is 1390. The van der Waals surface area contributed by atoms with Gasteiger partial charge in [-0.1, -0.05) is 24.0 Å². The van der Waals surface area contributed by atoms with Gasteiger partial charge in [0.05, 0.1) is 6.54 Å². The molecule has 2 aromatic carbocycles. The van der Waals surface area contributed by atoms with E-state index < -0.39 is 58.4 Å². The second-order valence-corrected chi connectivity index (χ2v) is 9.97. The molecular formula is C25H19F7N4O2. The molecule has 6 nitrogen and oxygen atoms in total. The Kier molecular flexibility index (Phi) is 5.85. The van der Waals surface area contributed by atoms with Crippen molar-refractivity contribution in [1.29, 1.82) is 0 Å². The molecule has 3 aliphatic rings. The summed E-state index contributed by atoms with van der Waals surface area (Å²) in [7, 11) is 0. The average Bonchev–Trinajstić information content (AvgIpc) is 3.29. The van der Waals surface area contributed by atoms with Crippen LogP contribution in [0.4, 0.5) is 30.7 Å². The molecule has 38 heavy (non-hydrogen) atoms. The van der Waals surface area contributed by atoms with Gasteiger partial charge in [-0.2, -0.15) is 13.2 Å². The van der Waals surface area contributed by atoms with E-state index in [1.807, 2.05) is 0 Å². The first-order valence-corrected chi connectivity index (χ1v) is 11.3. The molecule has 0 aliphatic heterocycles. The number of halogens is 7. The van der Waals surface area contributed by atoms with Crippen LogP contribution in [0.25, 0.3) is 0 Å². The Morgan fingerprint density at radius 2 is 1.66 bits per heavy atom. The molecule has 3 saturated carbocycles. The van der Waals surface area contributed by atoms with E-state index in [-0.39, 0.29) is 24.8 Å². The van der Waals surface area contributed by atoms with Crippen molar-refractivity contribution < 1.29 is 40.9 Å². The molecule has 2 bridgehead atoms. The van der Waals surface area contributed by atoms with Crippen LogP contribution >= 0.6 is 0 Å². The van der Waals surface area contributed by atoms with Crippen LogP contribution in [0.2, 0.25) is 0 Å². The Labute approximate surface area is 211 Å². The van der Waals surface area contributed by atoms with Gasteiger partial charge >= 0.3 is 6.18 Å². The molecule has 1 heterocycles. The predicted molar refractivity (Wildman–Crippen MR) is 116 cm³/mol. The van der Waals surface area contributed by atoms with Gasteiger partial charge in [0.1, 0.15) is 18.0 Å². The van der Waals surface area contributed by atoms with Crippen molar-refractivity contribution in [3.63, 3.8) is 0 Å². The third-order valence-corrected chi connectivity index (χ3v) is 7.38. The number of alkyl halides is 5. The van der Waals surface area contributed by atoms with Gasteiger partial charge in [0.2, 0.25) is 0 Å². The van der Waals surface area contributed by atoms with Gasteiger partial charge in [-0.05, 0) is 59.5 Å². The SMILES string of the molecule is O[C@@H](c1ccc(C#CC23CC(C(F)(F)[C@](O)(Cn4cnnn4)c4ccc(F)cc4F)(C2)C3)cc1)C(F)(F)F. The number of tetrazole rings is 1. The lowest BCUT2D eigenvalue weighted by atomic mass is 9.32. The number of aliphatic hydroxyl groups is 2. The molecule has 0 unspecified atom stereocenters. The number of nitrogens with zero attached hydrogens (tertiary/aromatic N) is 4. The van der Waals surface area contributed by atoms with E-state index in [1.165, 1.54) is 12.1 Å². The summed E-state index contributed by atoms with van der Waals surface area (Å²) in [4.78, 5) is 0. The van der Waals surface area contributed by atoms with Crippen LogP contribution in [-0.4, -0.2) is 42.5 Å². The number of hydrogen-bond donors (Lipinski definition) is 2. The molecule has 13 heteroatoms. The van der Waals surface area contributed by atoms with E-state index in [4.69, 9.17) is 0 Å². The highest BCUT2D eigenvalue weighted by molar-refractivity contribution is 5.43. The van der Waals surface area contributed by atoms with E-state index in [0.717, 1.165) is 35.3 Å². The zero-order valence-corrected chi connectivity index (χ0v) is 19.4. The largest absolute Gasteiger partial charge is 0.418 e. The topological polar surface area (TPSA) is 84.1 Å². The molecule has 3 aliphatic carbocycles. The van der Waals surface area contributed by atoms with E-state index in [9.17, 15) is 32.2 Å². The van der Waals surface area contributed by atoms with Crippen molar-refractivity contribution in [2.75, 3.05) is 0 Å². The van der Waals surface area contributed by atoms with E-state index in [1.54, 1.807) is 0 Å². The normalized spacial score (nSPS) is 24.9. The minimum absolute atomic E-state index is 0.119. The Morgan fingerprint density at radius 1 is 1.00 bits per heavy atom. The van der Waals surface area contributed by atoms with Crippen LogP contribution in [0, 0.1) is 34.3 Å². The molecule has 0 spiro atoms. The van der Waals surface area contributed by atoms with Gasteiger partial charge in [-0.15, -0.1) is 5.10 Å². The summed E-state index contributed by atoms with van der Waals surface area (Å²) < 4.78 is 99.2. The fourth-order valence-corrected chi connectivity index (χ4v) is 5.50. The molecule has 200 valence electrons. The van der Waals surface area contributed by atoms with Gasteiger partial charge in [0.15, 0.2) is 11.7 Å². The van der Waals surface area contributed by atoms with Crippen LogP contribution in [0.3, 0.4) is 0 Å². The molecule has 6 rings (SSSR count). The van der Waals surface area contributed by atoms with Crippen LogP contribution in [0.15, 0.2) is 48.8 Å². The highest BCUT2D eigenvalue weighted by atomic mass is 19.4. The lowest BCUT2D eigenvalue weighted by molar-refractivity contribution is -0.355. The van der Waals surface area contributed by atoms with Crippen LogP contribution in [-0.2, 0) is 12.1 Å². The van der Waals surface area contributed by atoms with Crippen molar-refractivity contribution in [2.45, 2.75) is 49.6 Å². The zero-order valence-electron chi connectivity index (χ0n) is 19.4. The summed E-state index contributed by atoms with van der Waals surface area (Å²) in [5.74, 6) is -0.580. The number of rotatable bonds is 6. The van der Waals surface area contributed by atoms with Crippen molar-refractivity contribution >= 4 is 0 Å². The molecule has 0 saturated heterocycles. The van der Waals surface area contributed by atoms with Gasteiger partial charge in [-0.25, -0.2) is 22.2 Å². The fourth-order valence-electron chi connectivity index (χ4n) is 5.50. The molecule has 3 aromatic rings. The molecule has 2 N–H and O–H groups in total. The molecule has 3 fully saturated rings. The molecule has 2 atom stereocenters. The first-order valence-electron chi connectivity index (χ1n) is 11.3. The minimum Gasteiger partial charge on any atom is -0.379 e. The van der Waals surface area contributed by atoms with Crippen LogP contribution in [0.5, 0.6) is 0 Å². The molecule has 0 radical (unpaired) electrons. The zero-order chi connectivity index (χ0) is 27.6. The van der Waals surface area contributed by atoms with Crippen molar-refractivity contribution in [3.8, 4) is 11.8 Å². The van der Waals surface area contributed by atoms with Crippen LogP contribution < -0.4 is 0 Å².